The summed E-state index contributed by atoms with van der Waals surface area (Å²) in [7, 11) is 0. The summed E-state index contributed by atoms with van der Waals surface area (Å²) in [5.74, 6) is 1.10. The van der Waals surface area contributed by atoms with Crippen LogP contribution in [0.2, 0.25) is 0 Å². The van der Waals surface area contributed by atoms with Gasteiger partial charge in [0, 0.05) is 0 Å². The standard InChI is InChI=1S/C22H24/c1-15(2)17-8-5-9-18(14-17)20-11-7-12-21-19(16(3)4)10-6-13-22(20)21/h5-16H,1-4H3. The van der Waals surface area contributed by atoms with E-state index in [1.165, 1.54) is 33.0 Å². The van der Waals surface area contributed by atoms with E-state index >= 15 is 0 Å². The van der Waals surface area contributed by atoms with E-state index in [1.807, 2.05) is 0 Å². The van der Waals surface area contributed by atoms with E-state index in [0.717, 1.165) is 0 Å². The molecule has 0 aliphatic carbocycles. The monoisotopic (exact) mass is 288 g/mol. The Bertz CT molecular complexity index is 794. The van der Waals surface area contributed by atoms with Crippen molar-refractivity contribution in [2.24, 2.45) is 0 Å². The predicted molar refractivity (Wildman–Crippen MR) is 97.6 cm³/mol. The first-order valence-corrected chi connectivity index (χ1v) is 8.20. The highest BCUT2D eigenvalue weighted by Gasteiger charge is 2.09. The highest BCUT2D eigenvalue weighted by Crippen LogP contribution is 2.33. The van der Waals surface area contributed by atoms with Gasteiger partial charge >= 0.3 is 0 Å². The first kappa shape index (κ1) is 14.8. The predicted octanol–water partition coefficient (Wildman–Crippen LogP) is 6.75. The summed E-state index contributed by atoms with van der Waals surface area (Å²) in [5, 5.41) is 2.74. The van der Waals surface area contributed by atoms with Gasteiger partial charge in [-0.2, -0.15) is 0 Å². The minimum Gasteiger partial charge on any atom is -0.0614 e. The molecule has 0 aliphatic rings. The van der Waals surface area contributed by atoms with Crippen molar-refractivity contribution in [3.8, 4) is 11.1 Å². The van der Waals surface area contributed by atoms with Crippen molar-refractivity contribution in [1.29, 1.82) is 0 Å². The molecule has 112 valence electrons. The van der Waals surface area contributed by atoms with Gasteiger partial charge in [0.05, 0.1) is 0 Å². The Balaban J connectivity index is 2.24. The first-order chi connectivity index (χ1) is 10.6. The lowest BCUT2D eigenvalue weighted by molar-refractivity contribution is 0.867. The van der Waals surface area contributed by atoms with Gasteiger partial charge in [0.25, 0.3) is 0 Å². The van der Waals surface area contributed by atoms with Crippen molar-refractivity contribution in [3.63, 3.8) is 0 Å². The maximum Gasteiger partial charge on any atom is -0.0103 e. The van der Waals surface area contributed by atoms with Crippen LogP contribution in [-0.2, 0) is 0 Å². The molecular weight excluding hydrogens is 264 g/mol. The Kier molecular flexibility index (Phi) is 4.02. The van der Waals surface area contributed by atoms with E-state index < -0.39 is 0 Å². The molecule has 0 nitrogen and oxygen atoms in total. The second kappa shape index (κ2) is 5.96. The van der Waals surface area contributed by atoms with E-state index in [1.54, 1.807) is 0 Å². The average molecular weight is 288 g/mol. The fourth-order valence-electron chi connectivity index (χ4n) is 3.15. The molecule has 0 amide bonds. The Hall–Kier alpha value is -2.08. The van der Waals surface area contributed by atoms with Crippen molar-refractivity contribution in [2.45, 2.75) is 39.5 Å². The minimum absolute atomic E-state index is 0.543. The lowest BCUT2D eigenvalue weighted by Gasteiger charge is -2.14. The smallest absolute Gasteiger partial charge is 0.0103 e. The van der Waals surface area contributed by atoms with Gasteiger partial charge in [0.15, 0.2) is 0 Å². The van der Waals surface area contributed by atoms with Crippen LogP contribution in [0.4, 0.5) is 0 Å². The number of hydrogen-bond donors (Lipinski definition) is 0. The topological polar surface area (TPSA) is 0 Å². The van der Waals surface area contributed by atoms with Crippen LogP contribution in [0.15, 0.2) is 60.7 Å². The van der Waals surface area contributed by atoms with Crippen molar-refractivity contribution >= 4 is 10.8 Å². The van der Waals surface area contributed by atoms with Gasteiger partial charge in [-0.1, -0.05) is 88.4 Å². The molecular formula is C22H24. The van der Waals surface area contributed by atoms with Crippen molar-refractivity contribution in [1.82, 2.24) is 0 Å². The number of fused-ring (bicyclic) bond motifs is 1. The maximum absolute atomic E-state index is 2.33. The molecule has 0 bridgehead atoms. The van der Waals surface area contributed by atoms with Gasteiger partial charge in [0.1, 0.15) is 0 Å². The molecule has 3 aromatic rings. The normalized spacial score (nSPS) is 11.5. The molecule has 0 unspecified atom stereocenters. The summed E-state index contributed by atoms with van der Waals surface area (Å²) in [6.07, 6.45) is 0. The minimum atomic E-state index is 0.543. The molecule has 0 atom stereocenters. The van der Waals surface area contributed by atoms with E-state index in [4.69, 9.17) is 0 Å². The first-order valence-electron chi connectivity index (χ1n) is 8.20. The zero-order valence-electron chi connectivity index (χ0n) is 13.9. The van der Waals surface area contributed by atoms with Crippen LogP contribution in [-0.4, -0.2) is 0 Å². The molecule has 0 saturated carbocycles. The van der Waals surface area contributed by atoms with Crippen LogP contribution in [0.5, 0.6) is 0 Å². The summed E-state index contributed by atoms with van der Waals surface area (Å²) in [5.41, 5.74) is 5.48. The Labute approximate surface area is 133 Å². The Morgan fingerprint density at radius 2 is 1.32 bits per heavy atom. The zero-order valence-corrected chi connectivity index (χ0v) is 13.9. The fraction of sp³-hybridized carbons (Fsp3) is 0.273. The molecule has 0 spiro atoms. The Morgan fingerprint density at radius 3 is 2.05 bits per heavy atom. The summed E-state index contributed by atoms with van der Waals surface area (Å²) in [6.45, 7) is 9.03. The van der Waals surface area contributed by atoms with Gasteiger partial charge in [-0.3, -0.25) is 0 Å². The third-order valence-corrected chi connectivity index (χ3v) is 4.44. The SMILES string of the molecule is CC(C)c1cccc(-c2cccc3c(C(C)C)cccc23)c1. The quantitative estimate of drug-likeness (QED) is 0.500. The van der Waals surface area contributed by atoms with Gasteiger partial charge < -0.3 is 0 Å². The van der Waals surface area contributed by atoms with Crippen molar-refractivity contribution in [3.05, 3.63) is 71.8 Å². The number of rotatable bonds is 3. The zero-order chi connectivity index (χ0) is 15.7. The highest BCUT2D eigenvalue weighted by molar-refractivity contribution is 5.98. The summed E-state index contributed by atoms with van der Waals surface area (Å²) in [4.78, 5) is 0. The lowest BCUT2D eigenvalue weighted by Crippen LogP contribution is -1.92. The second-order valence-corrected chi connectivity index (χ2v) is 6.68. The van der Waals surface area contributed by atoms with Gasteiger partial charge in [0.2, 0.25) is 0 Å². The van der Waals surface area contributed by atoms with E-state index in [0.29, 0.717) is 11.8 Å². The van der Waals surface area contributed by atoms with Crippen molar-refractivity contribution in [2.75, 3.05) is 0 Å². The molecule has 0 aliphatic heterocycles. The van der Waals surface area contributed by atoms with Crippen molar-refractivity contribution < 1.29 is 0 Å². The van der Waals surface area contributed by atoms with Crippen LogP contribution in [0, 0.1) is 0 Å². The van der Waals surface area contributed by atoms with Gasteiger partial charge in [-0.15, -0.1) is 0 Å². The molecule has 0 heteroatoms. The molecule has 3 rings (SSSR count). The number of benzene rings is 3. The van der Waals surface area contributed by atoms with Crippen LogP contribution >= 0.6 is 0 Å². The largest absolute Gasteiger partial charge is 0.0614 e. The molecule has 0 fully saturated rings. The van der Waals surface area contributed by atoms with Crippen LogP contribution in [0.3, 0.4) is 0 Å². The Morgan fingerprint density at radius 1 is 0.636 bits per heavy atom. The molecule has 0 saturated heterocycles. The maximum atomic E-state index is 2.33. The van der Waals surface area contributed by atoms with Crippen LogP contribution < -0.4 is 0 Å². The van der Waals surface area contributed by atoms with Gasteiger partial charge in [-0.25, -0.2) is 0 Å². The molecule has 0 radical (unpaired) electrons. The van der Waals surface area contributed by atoms with Crippen LogP contribution in [0.25, 0.3) is 21.9 Å². The molecule has 3 aromatic carbocycles. The highest BCUT2D eigenvalue weighted by atomic mass is 14.1. The van der Waals surface area contributed by atoms with E-state index in [2.05, 4.69) is 88.4 Å². The van der Waals surface area contributed by atoms with E-state index in [9.17, 15) is 0 Å². The summed E-state index contributed by atoms with van der Waals surface area (Å²) in [6, 6.07) is 22.3. The molecule has 0 N–H and O–H groups in total. The molecule has 0 aromatic heterocycles. The third kappa shape index (κ3) is 2.66. The summed E-state index contributed by atoms with van der Waals surface area (Å²) < 4.78 is 0. The second-order valence-electron chi connectivity index (χ2n) is 6.68. The lowest BCUT2D eigenvalue weighted by atomic mass is 9.90. The summed E-state index contributed by atoms with van der Waals surface area (Å²) >= 11 is 0. The molecule has 0 heterocycles. The average Bonchev–Trinajstić information content (AvgIpc) is 2.53. The fourth-order valence-corrected chi connectivity index (χ4v) is 3.15. The van der Waals surface area contributed by atoms with Gasteiger partial charge in [-0.05, 0) is 44.9 Å². The number of hydrogen-bond acceptors (Lipinski definition) is 0. The van der Waals surface area contributed by atoms with E-state index in [-0.39, 0.29) is 0 Å². The third-order valence-electron chi connectivity index (χ3n) is 4.44. The molecule has 22 heavy (non-hydrogen) atoms. The van der Waals surface area contributed by atoms with Crippen LogP contribution in [0.1, 0.15) is 50.7 Å².